The molecule has 2 heterocycles. The van der Waals surface area contributed by atoms with Crippen LogP contribution in [0.2, 0.25) is 5.02 Å². The normalized spacial score (nSPS) is 16.0. The fraction of sp³-hybridized carbons (Fsp3) is 0.348. The zero-order valence-electron chi connectivity index (χ0n) is 17.4. The molecule has 0 radical (unpaired) electrons. The van der Waals surface area contributed by atoms with Crippen molar-refractivity contribution in [3.63, 3.8) is 0 Å². The summed E-state index contributed by atoms with van der Waals surface area (Å²) >= 11 is 6.00. The molecule has 1 aliphatic heterocycles. The zero-order valence-corrected chi connectivity index (χ0v) is 18.2. The summed E-state index contributed by atoms with van der Waals surface area (Å²) in [6.45, 7) is 5.29. The van der Waals surface area contributed by atoms with E-state index in [0.717, 1.165) is 25.1 Å². The highest BCUT2D eigenvalue weighted by Crippen LogP contribution is 2.20. The molecular formula is C23H25ClN4O3. The summed E-state index contributed by atoms with van der Waals surface area (Å²) in [4.78, 5) is 21.5. The summed E-state index contributed by atoms with van der Waals surface area (Å²) in [6, 6.07) is 16.8. The van der Waals surface area contributed by atoms with E-state index in [4.69, 9.17) is 20.9 Å². The Morgan fingerprint density at radius 1 is 1.13 bits per heavy atom. The van der Waals surface area contributed by atoms with Crippen LogP contribution in [0.4, 0.5) is 0 Å². The quantitative estimate of drug-likeness (QED) is 0.579. The summed E-state index contributed by atoms with van der Waals surface area (Å²) in [5, 5.41) is 4.70. The smallest absolute Gasteiger partial charge is 0.263 e. The molecule has 1 saturated heterocycles. The number of rotatable bonds is 6. The van der Waals surface area contributed by atoms with Gasteiger partial charge in [-0.1, -0.05) is 41.0 Å². The van der Waals surface area contributed by atoms with E-state index in [0.29, 0.717) is 42.1 Å². The molecule has 0 saturated carbocycles. The third kappa shape index (κ3) is 5.62. The number of halogens is 1. The summed E-state index contributed by atoms with van der Waals surface area (Å²) in [5.41, 5.74) is 0.905. The average Bonchev–Trinajstić information content (AvgIpc) is 3.12. The van der Waals surface area contributed by atoms with E-state index in [9.17, 15) is 4.79 Å². The van der Waals surface area contributed by atoms with Gasteiger partial charge in [-0.15, -0.1) is 0 Å². The number of aromatic nitrogens is 2. The van der Waals surface area contributed by atoms with Crippen LogP contribution < -0.4 is 4.74 Å². The molecule has 31 heavy (non-hydrogen) atoms. The monoisotopic (exact) mass is 440 g/mol. The van der Waals surface area contributed by atoms with Crippen LogP contribution in [0.5, 0.6) is 5.75 Å². The maximum atomic E-state index is 12.9. The van der Waals surface area contributed by atoms with Gasteiger partial charge < -0.3 is 14.2 Å². The van der Waals surface area contributed by atoms with Gasteiger partial charge in [-0.3, -0.25) is 9.69 Å². The minimum atomic E-state index is -0.573. The maximum absolute atomic E-state index is 12.9. The van der Waals surface area contributed by atoms with Crippen molar-refractivity contribution in [2.45, 2.75) is 26.0 Å². The molecule has 1 amide bonds. The topological polar surface area (TPSA) is 71.7 Å². The standard InChI is InChI=1S/C23H25ClN4O3/c1-17(30-20-10-5-9-19(24)15-20)23(29)28-12-6-11-27(13-14-28)16-21-25-22(31-26-21)18-7-3-2-4-8-18/h2-5,7-10,15,17H,6,11-14,16H2,1H3. The van der Waals surface area contributed by atoms with E-state index in [1.807, 2.05) is 35.2 Å². The molecular weight excluding hydrogens is 416 g/mol. The molecule has 1 atom stereocenters. The van der Waals surface area contributed by atoms with Gasteiger partial charge in [0.1, 0.15) is 5.75 Å². The Morgan fingerprint density at radius 2 is 1.97 bits per heavy atom. The van der Waals surface area contributed by atoms with E-state index in [1.54, 1.807) is 31.2 Å². The summed E-state index contributed by atoms with van der Waals surface area (Å²) < 4.78 is 11.2. The lowest BCUT2D eigenvalue weighted by Gasteiger charge is -2.25. The molecule has 3 aromatic rings. The molecule has 0 spiro atoms. The first-order valence-electron chi connectivity index (χ1n) is 10.4. The molecule has 0 aliphatic carbocycles. The van der Waals surface area contributed by atoms with E-state index >= 15 is 0 Å². The van der Waals surface area contributed by atoms with Crippen LogP contribution >= 0.6 is 11.6 Å². The highest BCUT2D eigenvalue weighted by atomic mass is 35.5. The second-order valence-electron chi connectivity index (χ2n) is 7.55. The van der Waals surface area contributed by atoms with E-state index in [2.05, 4.69) is 15.0 Å². The number of carbonyl (C=O) groups is 1. The Morgan fingerprint density at radius 3 is 2.77 bits per heavy atom. The Labute approximate surface area is 186 Å². The molecule has 7 nitrogen and oxygen atoms in total. The van der Waals surface area contributed by atoms with Crippen LogP contribution in [0.3, 0.4) is 0 Å². The number of nitrogens with zero attached hydrogens (tertiary/aromatic N) is 4. The minimum absolute atomic E-state index is 0.0206. The van der Waals surface area contributed by atoms with Crippen LogP contribution in [0.25, 0.3) is 11.5 Å². The van der Waals surface area contributed by atoms with Crippen LogP contribution in [-0.4, -0.2) is 58.1 Å². The minimum Gasteiger partial charge on any atom is -0.481 e. The van der Waals surface area contributed by atoms with Gasteiger partial charge in [0.15, 0.2) is 11.9 Å². The number of benzene rings is 2. The summed E-state index contributed by atoms with van der Waals surface area (Å²) in [5.74, 6) is 1.74. The van der Waals surface area contributed by atoms with Gasteiger partial charge in [0.25, 0.3) is 11.8 Å². The Hall–Kier alpha value is -2.90. The predicted octanol–water partition coefficient (Wildman–Crippen LogP) is 3.89. The molecule has 1 fully saturated rings. The molecule has 1 unspecified atom stereocenters. The molecule has 0 bridgehead atoms. The van der Waals surface area contributed by atoms with Crippen molar-refractivity contribution in [2.24, 2.45) is 0 Å². The Bertz CT molecular complexity index is 1010. The van der Waals surface area contributed by atoms with Gasteiger partial charge in [-0.05, 0) is 43.7 Å². The van der Waals surface area contributed by atoms with E-state index in [-0.39, 0.29) is 5.91 Å². The molecule has 8 heteroatoms. The SMILES string of the molecule is CC(Oc1cccc(Cl)c1)C(=O)N1CCCN(Cc2noc(-c3ccccc3)n2)CC1. The van der Waals surface area contributed by atoms with E-state index < -0.39 is 6.10 Å². The molecule has 0 N–H and O–H groups in total. The van der Waals surface area contributed by atoms with Gasteiger partial charge in [-0.25, -0.2) is 0 Å². The van der Waals surface area contributed by atoms with Gasteiger partial charge in [0.2, 0.25) is 0 Å². The van der Waals surface area contributed by atoms with Gasteiger partial charge in [0, 0.05) is 36.8 Å². The lowest BCUT2D eigenvalue weighted by Crippen LogP contribution is -2.42. The largest absolute Gasteiger partial charge is 0.481 e. The average molecular weight is 441 g/mol. The lowest BCUT2D eigenvalue weighted by molar-refractivity contribution is -0.137. The first kappa shape index (κ1) is 21.3. The van der Waals surface area contributed by atoms with Crippen LogP contribution in [0, 0.1) is 0 Å². The van der Waals surface area contributed by atoms with Crippen molar-refractivity contribution < 1.29 is 14.1 Å². The van der Waals surface area contributed by atoms with Gasteiger partial charge in [0.05, 0.1) is 6.54 Å². The first-order valence-corrected chi connectivity index (χ1v) is 10.8. The number of amides is 1. The number of hydrogen-bond donors (Lipinski definition) is 0. The molecule has 1 aliphatic rings. The van der Waals surface area contributed by atoms with Crippen molar-refractivity contribution >= 4 is 17.5 Å². The highest BCUT2D eigenvalue weighted by molar-refractivity contribution is 6.30. The maximum Gasteiger partial charge on any atom is 0.263 e. The second kappa shape index (κ2) is 9.94. The lowest BCUT2D eigenvalue weighted by atomic mass is 10.2. The van der Waals surface area contributed by atoms with Crippen molar-refractivity contribution in [2.75, 3.05) is 26.2 Å². The van der Waals surface area contributed by atoms with Crippen LogP contribution in [-0.2, 0) is 11.3 Å². The molecule has 2 aromatic carbocycles. The fourth-order valence-corrected chi connectivity index (χ4v) is 3.80. The van der Waals surface area contributed by atoms with E-state index in [1.165, 1.54) is 0 Å². The fourth-order valence-electron chi connectivity index (χ4n) is 3.62. The van der Waals surface area contributed by atoms with Crippen LogP contribution in [0.1, 0.15) is 19.2 Å². The Balaban J connectivity index is 1.31. The first-order chi connectivity index (χ1) is 15.1. The van der Waals surface area contributed by atoms with Gasteiger partial charge >= 0.3 is 0 Å². The third-order valence-corrected chi connectivity index (χ3v) is 5.45. The zero-order chi connectivity index (χ0) is 21.6. The number of carbonyl (C=O) groups excluding carboxylic acids is 1. The van der Waals surface area contributed by atoms with Crippen molar-refractivity contribution in [3.8, 4) is 17.2 Å². The third-order valence-electron chi connectivity index (χ3n) is 5.21. The predicted molar refractivity (Wildman–Crippen MR) is 118 cm³/mol. The highest BCUT2D eigenvalue weighted by Gasteiger charge is 2.25. The number of ether oxygens (including phenoxy) is 1. The second-order valence-corrected chi connectivity index (χ2v) is 7.99. The molecule has 162 valence electrons. The van der Waals surface area contributed by atoms with Gasteiger partial charge in [-0.2, -0.15) is 4.98 Å². The number of hydrogen-bond acceptors (Lipinski definition) is 6. The van der Waals surface area contributed by atoms with Crippen molar-refractivity contribution in [3.05, 3.63) is 65.4 Å². The van der Waals surface area contributed by atoms with Crippen molar-refractivity contribution in [1.29, 1.82) is 0 Å². The molecule has 4 rings (SSSR count). The summed E-state index contributed by atoms with van der Waals surface area (Å²) in [6.07, 6.45) is 0.301. The van der Waals surface area contributed by atoms with Crippen molar-refractivity contribution in [1.82, 2.24) is 19.9 Å². The Kier molecular flexibility index (Phi) is 6.84. The summed E-state index contributed by atoms with van der Waals surface area (Å²) in [7, 11) is 0. The molecule has 1 aromatic heterocycles. The van der Waals surface area contributed by atoms with Crippen LogP contribution in [0.15, 0.2) is 59.1 Å².